The van der Waals surface area contributed by atoms with E-state index in [9.17, 15) is 19.5 Å². The molecule has 122 valence electrons. The summed E-state index contributed by atoms with van der Waals surface area (Å²) in [7, 11) is 0. The topological polar surface area (TPSA) is 129 Å². The molecule has 0 unspecified atom stereocenters. The fourth-order valence-electron chi connectivity index (χ4n) is 2.02. The van der Waals surface area contributed by atoms with E-state index in [1.54, 1.807) is 12.1 Å². The molecule has 4 N–H and O–H groups in total. The normalized spacial score (nSPS) is 10.5. The standard InChI is InChI=1S/C15H16N2O6/c1-2-5-23-8-3-4-9-10(6-8)17-15(22)12(13(9)20)14(21)16-7-11(18)19/h3-4,6H,2,5,7H2,1H3,(H,16,21)(H,18,19)(H2,17,20,22). The maximum Gasteiger partial charge on any atom is 0.322 e. The minimum Gasteiger partial charge on any atom is -0.506 e. The van der Waals surface area contributed by atoms with Gasteiger partial charge >= 0.3 is 5.97 Å². The van der Waals surface area contributed by atoms with Gasteiger partial charge in [-0.1, -0.05) is 6.92 Å². The molecule has 0 aliphatic heterocycles. The van der Waals surface area contributed by atoms with Crippen molar-refractivity contribution in [3.8, 4) is 11.5 Å². The quantitative estimate of drug-likeness (QED) is 0.624. The Kier molecular flexibility index (Phi) is 4.85. The van der Waals surface area contributed by atoms with Crippen molar-refractivity contribution in [3.63, 3.8) is 0 Å². The second-order valence-electron chi connectivity index (χ2n) is 4.81. The SMILES string of the molecule is CCCOc1ccc2c(O)c(C(=O)NCC(=O)O)c(=O)[nH]c2c1. The number of rotatable bonds is 6. The van der Waals surface area contributed by atoms with Gasteiger partial charge in [0.15, 0.2) is 0 Å². The molecular weight excluding hydrogens is 304 g/mol. The van der Waals surface area contributed by atoms with Gasteiger partial charge in [0.25, 0.3) is 11.5 Å². The van der Waals surface area contributed by atoms with Crippen molar-refractivity contribution in [1.29, 1.82) is 0 Å². The lowest BCUT2D eigenvalue weighted by Gasteiger charge is -2.09. The van der Waals surface area contributed by atoms with Gasteiger partial charge < -0.3 is 25.3 Å². The lowest BCUT2D eigenvalue weighted by molar-refractivity contribution is -0.135. The predicted octanol–water partition coefficient (Wildman–Crippen LogP) is 0.837. The fourth-order valence-corrected chi connectivity index (χ4v) is 2.02. The maximum atomic E-state index is 12.0. The first-order valence-electron chi connectivity index (χ1n) is 6.95. The minimum atomic E-state index is -1.26. The Morgan fingerprint density at radius 2 is 2.09 bits per heavy atom. The largest absolute Gasteiger partial charge is 0.506 e. The van der Waals surface area contributed by atoms with Crippen LogP contribution >= 0.6 is 0 Å². The van der Waals surface area contributed by atoms with Gasteiger partial charge in [0.1, 0.15) is 23.6 Å². The van der Waals surface area contributed by atoms with Crippen molar-refractivity contribution in [1.82, 2.24) is 10.3 Å². The molecule has 0 fully saturated rings. The number of hydrogen-bond donors (Lipinski definition) is 4. The number of carboxylic acids is 1. The number of aliphatic carboxylic acids is 1. The highest BCUT2D eigenvalue weighted by molar-refractivity contribution is 6.03. The Bertz CT molecular complexity index is 811. The molecular formula is C15H16N2O6. The summed E-state index contributed by atoms with van der Waals surface area (Å²) in [6.45, 7) is 1.81. The highest BCUT2D eigenvalue weighted by Crippen LogP contribution is 2.27. The molecule has 1 aromatic carbocycles. The van der Waals surface area contributed by atoms with Crippen molar-refractivity contribution in [2.24, 2.45) is 0 Å². The van der Waals surface area contributed by atoms with Crippen LogP contribution < -0.4 is 15.6 Å². The number of amides is 1. The van der Waals surface area contributed by atoms with E-state index in [2.05, 4.69) is 4.98 Å². The average Bonchev–Trinajstić information content (AvgIpc) is 2.50. The summed E-state index contributed by atoms with van der Waals surface area (Å²) in [5.41, 5.74) is -1.03. The summed E-state index contributed by atoms with van der Waals surface area (Å²) in [6.07, 6.45) is 0.822. The summed E-state index contributed by atoms with van der Waals surface area (Å²) in [6, 6.07) is 4.67. The molecule has 0 saturated heterocycles. The van der Waals surface area contributed by atoms with Gasteiger partial charge in [-0.3, -0.25) is 14.4 Å². The first kappa shape index (κ1) is 16.3. The van der Waals surface area contributed by atoms with Crippen molar-refractivity contribution in [2.45, 2.75) is 13.3 Å². The molecule has 0 atom stereocenters. The number of ether oxygens (including phenoxy) is 1. The molecule has 0 bridgehead atoms. The van der Waals surface area contributed by atoms with E-state index in [1.807, 2.05) is 12.2 Å². The van der Waals surface area contributed by atoms with Gasteiger partial charge in [0.2, 0.25) is 0 Å². The van der Waals surface area contributed by atoms with Crippen LogP contribution in [0.2, 0.25) is 0 Å². The zero-order chi connectivity index (χ0) is 17.0. The number of aromatic hydroxyl groups is 1. The number of hydrogen-bond acceptors (Lipinski definition) is 5. The smallest absolute Gasteiger partial charge is 0.322 e. The Labute approximate surface area is 130 Å². The van der Waals surface area contributed by atoms with Gasteiger partial charge in [-0.2, -0.15) is 0 Å². The summed E-state index contributed by atoms with van der Waals surface area (Å²) in [5.74, 6) is -2.20. The van der Waals surface area contributed by atoms with Crippen LogP contribution in [0, 0.1) is 0 Å². The van der Waals surface area contributed by atoms with Crippen LogP contribution in [0.15, 0.2) is 23.0 Å². The lowest BCUT2D eigenvalue weighted by Crippen LogP contribution is -2.33. The second kappa shape index (κ2) is 6.82. The fraction of sp³-hybridized carbons (Fsp3) is 0.267. The Morgan fingerprint density at radius 1 is 1.35 bits per heavy atom. The van der Waals surface area contributed by atoms with Crippen LogP contribution in [0.5, 0.6) is 11.5 Å². The van der Waals surface area contributed by atoms with E-state index < -0.39 is 35.3 Å². The molecule has 0 spiro atoms. The molecule has 23 heavy (non-hydrogen) atoms. The molecule has 0 saturated carbocycles. The third kappa shape index (κ3) is 3.60. The van der Waals surface area contributed by atoms with Crippen LogP contribution in [0.4, 0.5) is 0 Å². The van der Waals surface area contributed by atoms with Gasteiger partial charge in [-0.05, 0) is 18.6 Å². The number of aromatic amines is 1. The van der Waals surface area contributed by atoms with Crippen LogP contribution in [-0.4, -0.2) is 40.2 Å². The number of carbonyl (C=O) groups excluding carboxylic acids is 1. The summed E-state index contributed by atoms with van der Waals surface area (Å²) < 4.78 is 5.44. The highest BCUT2D eigenvalue weighted by atomic mass is 16.5. The number of carboxylic acid groups (broad SMARTS) is 1. The molecule has 1 aromatic heterocycles. The third-order valence-electron chi connectivity index (χ3n) is 3.06. The maximum absolute atomic E-state index is 12.0. The van der Waals surface area contributed by atoms with E-state index in [0.717, 1.165) is 6.42 Å². The molecule has 1 heterocycles. The van der Waals surface area contributed by atoms with E-state index in [-0.39, 0.29) is 5.39 Å². The van der Waals surface area contributed by atoms with Crippen molar-refractivity contribution < 1.29 is 24.5 Å². The summed E-state index contributed by atoms with van der Waals surface area (Å²) >= 11 is 0. The summed E-state index contributed by atoms with van der Waals surface area (Å²) in [4.78, 5) is 36.8. The number of fused-ring (bicyclic) bond motifs is 1. The Morgan fingerprint density at radius 3 is 2.74 bits per heavy atom. The zero-order valence-electron chi connectivity index (χ0n) is 12.4. The number of benzene rings is 1. The Balaban J connectivity index is 2.43. The predicted molar refractivity (Wildman–Crippen MR) is 82.0 cm³/mol. The van der Waals surface area contributed by atoms with E-state index in [4.69, 9.17) is 9.84 Å². The first-order valence-corrected chi connectivity index (χ1v) is 6.95. The van der Waals surface area contributed by atoms with E-state index in [0.29, 0.717) is 17.9 Å². The van der Waals surface area contributed by atoms with E-state index >= 15 is 0 Å². The lowest BCUT2D eigenvalue weighted by atomic mass is 10.1. The minimum absolute atomic E-state index is 0.258. The molecule has 0 aliphatic rings. The molecule has 0 radical (unpaired) electrons. The molecule has 2 aromatic rings. The van der Waals surface area contributed by atoms with Crippen molar-refractivity contribution in [2.75, 3.05) is 13.2 Å². The van der Waals surface area contributed by atoms with Crippen molar-refractivity contribution >= 4 is 22.8 Å². The number of pyridine rings is 1. The van der Waals surface area contributed by atoms with Crippen LogP contribution in [-0.2, 0) is 4.79 Å². The van der Waals surface area contributed by atoms with Crippen LogP contribution in [0.1, 0.15) is 23.7 Å². The number of carbonyl (C=O) groups is 2. The Hall–Kier alpha value is -3.03. The monoisotopic (exact) mass is 320 g/mol. The average molecular weight is 320 g/mol. The summed E-state index contributed by atoms with van der Waals surface area (Å²) in [5, 5.41) is 21.0. The zero-order valence-corrected chi connectivity index (χ0v) is 12.4. The van der Waals surface area contributed by atoms with Gasteiger partial charge in [-0.25, -0.2) is 0 Å². The number of nitrogens with one attached hydrogen (secondary N) is 2. The number of aromatic nitrogens is 1. The van der Waals surface area contributed by atoms with Crippen LogP contribution in [0.25, 0.3) is 10.9 Å². The molecule has 2 rings (SSSR count). The molecule has 8 nitrogen and oxygen atoms in total. The second-order valence-corrected chi connectivity index (χ2v) is 4.81. The molecule has 0 aliphatic carbocycles. The molecule has 8 heteroatoms. The van der Waals surface area contributed by atoms with E-state index in [1.165, 1.54) is 6.07 Å². The van der Waals surface area contributed by atoms with Crippen LogP contribution in [0.3, 0.4) is 0 Å². The van der Waals surface area contributed by atoms with Gasteiger partial charge in [0, 0.05) is 11.5 Å². The van der Waals surface area contributed by atoms with Gasteiger partial charge in [-0.15, -0.1) is 0 Å². The molecule has 1 amide bonds. The third-order valence-corrected chi connectivity index (χ3v) is 3.06. The van der Waals surface area contributed by atoms with Crippen molar-refractivity contribution in [3.05, 3.63) is 34.1 Å². The first-order chi connectivity index (χ1) is 10.9. The highest BCUT2D eigenvalue weighted by Gasteiger charge is 2.19. The van der Waals surface area contributed by atoms with Gasteiger partial charge in [0.05, 0.1) is 12.1 Å². The number of H-pyrrole nitrogens is 1.